The molecule has 0 aliphatic heterocycles. The van der Waals surface area contributed by atoms with Crippen molar-refractivity contribution in [1.82, 2.24) is 14.8 Å². The number of aromatic nitrogens is 3. The lowest BCUT2D eigenvalue weighted by Crippen LogP contribution is -2.35. The highest BCUT2D eigenvalue weighted by Gasteiger charge is 2.53. The molecule has 1 aromatic heterocycles. The first-order chi connectivity index (χ1) is 7.06. The quantitative estimate of drug-likeness (QED) is 0.697. The van der Waals surface area contributed by atoms with Gasteiger partial charge in [0.15, 0.2) is 0 Å². The molecule has 15 heavy (non-hydrogen) atoms. The molecule has 1 aliphatic carbocycles. The van der Waals surface area contributed by atoms with E-state index >= 15 is 0 Å². The van der Waals surface area contributed by atoms with Gasteiger partial charge in [0.2, 0.25) is 11.9 Å². The van der Waals surface area contributed by atoms with E-state index in [2.05, 4.69) is 15.4 Å². The van der Waals surface area contributed by atoms with E-state index in [1.54, 1.807) is 7.05 Å². The molecular weight excluding hydrogens is 214 g/mol. The van der Waals surface area contributed by atoms with E-state index < -0.39 is 5.41 Å². The van der Waals surface area contributed by atoms with Crippen molar-refractivity contribution >= 4 is 29.1 Å². The van der Waals surface area contributed by atoms with Crippen LogP contribution in [0.3, 0.4) is 0 Å². The van der Waals surface area contributed by atoms with Crippen molar-refractivity contribution < 1.29 is 4.79 Å². The fraction of sp³-hybridized carbons (Fsp3) is 0.500. The third-order valence-corrected chi connectivity index (χ3v) is 2.98. The van der Waals surface area contributed by atoms with Gasteiger partial charge in [-0.15, -0.1) is 0 Å². The first-order valence-corrected chi connectivity index (χ1v) is 4.92. The van der Waals surface area contributed by atoms with Crippen LogP contribution in [0.15, 0.2) is 6.33 Å². The zero-order valence-electron chi connectivity index (χ0n) is 8.23. The van der Waals surface area contributed by atoms with E-state index in [1.165, 1.54) is 11.0 Å². The predicted molar refractivity (Wildman–Crippen MR) is 58.1 cm³/mol. The lowest BCUT2D eigenvalue weighted by molar-refractivity contribution is -0.119. The number of carbonyl (C=O) groups excluding carboxylic acids is 1. The van der Waals surface area contributed by atoms with Gasteiger partial charge in [-0.05, 0) is 12.8 Å². The van der Waals surface area contributed by atoms with Gasteiger partial charge in [0, 0.05) is 7.05 Å². The molecule has 0 unspecified atom stereocenters. The average molecular weight is 225 g/mol. The Morgan fingerprint density at radius 3 is 2.80 bits per heavy atom. The number of amides is 1. The first kappa shape index (κ1) is 10.0. The van der Waals surface area contributed by atoms with Gasteiger partial charge >= 0.3 is 0 Å². The summed E-state index contributed by atoms with van der Waals surface area (Å²) < 4.78 is 1.48. The number of nitrogens with one attached hydrogen (secondary N) is 1. The predicted octanol–water partition coefficient (Wildman–Crippen LogP) is -0.180. The fourth-order valence-corrected chi connectivity index (χ4v) is 1.64. The number of carbonyl (C=O) groups is 1. The minimum absolute atomic E-state index is 0.189. The van der Waals surface area contributed by atoms with Crippen LogP contribution in [0.2, 0.25) is 0 Å². The molecule has 1 aromatic rings. The Labute approximate surface area is 91.9 Å². The molecule has 0 aromatic carbocycles. The molecule has 1 aliphatic rings. The van der Waals surface area contributed by atoms with Crippen LogP contribution in [0.25, 0.3) is 0 Å². The topological polar surface area (TPSA) is 85.8 Å². The number of aryl methyl sites for hydroxylation is 1. The minimum Gasteiger partial charge on any atom is -0.392 e. The van der Waals surface area contributed by atoms with Gasteiger partial charge in [-0.25, -0.2) is 4.68 Å². The first-order valence-electron chi connectivity index (χ1n) is 4.51. The highest BCUT2D eigenvalue weighted by molar-refractivity contribution is 7.80. The number of nitrogens with zero attached hydrogens (tertiary/aromatic N) is 3. The zero-order chi connectivity index (χ0) is 11.1. The van der Waals surface area contributed by atoms with E-state index in [4.69, 9.17) is 18.0 Å². The molecule has 1 saturated carbocycles. The summed E-state index contributed by atoms with van der Waals surface area (Å²) in [5.74, 6) is 0.216. The number of hydrogen-bond acceptors (Lipinski definition) is 4. The lowest BCUT2D eigenvalue weighted by Gasteiger charge is -2.12. The largest absolute Gasteiger partial charge is 0.392 e. The Morgan fingerprint density at radius 1 is 1.73 bits per heavy atom. The average Bonchev–Trinajstić information content (AvgIpc) is 2.89. The molecule has 0 bridgehead atoms. The summed E-state index contributed by atoms with van der Waals surface area (Å²) in [5.41, 5.74) is 4.88. The van der Waals surface area contributed by atoms with Crippen LogP contribution in [0.4, 0.5) is 5.95 Å². The van der Waals surface area contributed by atoms with Gasteiger partial charge in [-0.2, -0.15) is 10.1 Å². The Hall–Kier alpha value is -1.50. The Bertz CT molecular complexity index is 422. The summed E-state index contributed by atoms with van der Waals surface area (Å²) >= 11 is 4.87. The fourth-order valence-electron chi connectivity index (χ4n) is 1.34. The third kappa shape index (κ3) is 1.58. The summed E-state index contributed by atoms with van der Waals surface area (Å²) in [5, 5.41) is 6.50. The maximum Gasteiger partial charge on any atom is 0.239 e. The molecule has 3 N–H and O–H groups in total. The highest BCUT2D eigenvalue weighted by Crippen LogP contribution is 2.46. The molecule has 80 valence electrons. The summed E-state index contributed by atoms with van der Waals surface area (Å²) in [7, 11) is 1.70. The van der Waals surface area contributed by atoms with E-state index in [-0.39, 0.29) is 10.9 Å². The zero-order valence-corrected chi connectivity index (χ0v) is 9.04. The molecule has 2 rings (SSSR count). The Morgan fingerprint density at radius 2 is 2.40 bits per heavy atom. The van der Waals surface area contributed by atoms with Crippen LogP contribution in [0, 0.1) is 5.41 Å². The second-order valence-corrected chi connectivity index (χ2v) is 4.05. The third-order valence-electron chi connectivity index (χ3n) is 2.59. The van der Waals surface area contributed by atoms with Gasteiger partial charge in [0.05, 0.1) is 10.4 Å². The number of hydrogen-bond donors (Lipinski definition) is 2. The van der Waals surface area contributed by atoms with Crippen LogP contribution in [0.1, 0.15) is 12.8 Å². The van der Waals surface area contributed by atoms with E-state index in [9.17, 15) is 4.79 Å². The lowest BCUT2D eigenvalue weighted by atomic mass is 10.1. The second-order valence-electron chi connectivity index (χ2n) is 3.61. The van der Waals surface area contributed by atoms with E-state index in [0.29, 0.717) is 18.8 Å². The standard InChI is InChI=1S/C8H11N5OS/c1-13-7(10-4-11-13)12-6(14)8(2-3-8)5(9)15/h4H,2-3H2,1H3,(H2,9,15)(H,10,11,12,14). The van der Waals surface area contributed by atoms with Crippen molar-refractivity contribution in [1.29, 1.82) is 0 Å². The molecule has 1 heterocycles. The highest BCUT2D eigenvalue weighted by atomic mass is 32.1. The van der Waals surface area contributed by atoms with Crippen molar-refractivity contribution in [2.75, 3.05) is 5.32 Å². The van der Waals surface area contributed by atoms with Gasteiger partial charge in [-0.3, -0.25) is 10.1 Å². The number of thiocarbonyl (C=S) groups is 1. The van der Waals surface area contributed by atoms with Gasteiger partial charge in [0.1, 0.15) is 6.33 Å². The van der Waals surface area contributed by atoms with Crippen molar-refractivity contribution in [2.45, 2.75) is 12.8 Å². The van der Waals surface area contributed by atoms with Crippen molar-refractivity contribution in [3.05, 3.63) is 6.33 Å². The Balaban J connectivity index is 2.11. The van der Waals surface area contributed by atoms with Gasteiger partial charge in [-0.1, -0.05) is 12.2 Å². The molecule has 6 nitrogen and oxygen atoms in total. The maximum absolute atomic E-state index is 11.8. The molecular formula is C8H11N5OS. The molecule has 7 heteroatoms. The molecule has 0 radical (unpaired) electrons. The normalized spacial score (nSPS) is 17.1. The minimum atomic E-state index is -0.652. The molecule has 0 atom stereocenters. The second kappa shape index (κ2) is 3.27. The summed E-state index contributed by atoms with van der Waals surface area (Å²) in [6, 6.07) is 0. The monoisotopic (exact) mass is 225 g/mol. The number of rotatable bonds is 3. The smallest absolute Gasteiger partial charge is 0.239 e. The van der Waals surface area contributed by atoms with Crippen LogP contribution in [0.5, 0.6) is 0 Å². The number of nitrogens with two attached hydrogens (primary N) is 1. The van der Waals surface area contributed by atoms with E-state index in [0.717, 1.165) is 0 Å². The molecule has 0 saturated heterocycles. The molecule has 0 spiro atoms. The van der Waals surface area contributed by atoms with Crippen LogP contribution < -0.4 is 11.1 Å². The number of anilines is 1. The van der Waals surface area contributed by atoms with Gasteiger partial charge in [0.25, 0.3) is 0 Å². The van der Waals surface area contributed by atoms with Crippen molar-refractivity contribution in [2.24, 2.45) is 18.2 Å². The Kier molecular flexibility index (Phi) is 2.18. The summed E-state index contributed by atoms with van der Waals surface area (Å²) in [4.78, 5) is 16.0. The van der Waals surface area contributed by atoms with Crippen LogP contribution >= 0.6 is 12.2 Å². The van der Waals surface area contributed by atoms with Crippen LogP contribution in [-0.4, -0.2) is 25.7 Å². The van der Waals surface area contributed by atoms with Gasteiger partial charge < -0.3 is 5.73 Å². The SMILES string of the molecule is Cn1ncnc1NC(=O)C1(C(N)=S)CC1. The van der Waals surface area contributed by atoms with E-state index in [1.807, 2.05) is 0 Å². The summed E-state index contributed by atoms with van der Waals surface area (Å²) in [6.45, 7) is 0. The summed E-state index contributed by atoms with van der Waals surface area (Å²) in [6.07, 6.45) is 2.80. The molecule has 1 amide bonds. The van der Waals surface area contributed by atoms with Crippen molar-refractivity contribution in [3.63, 3.8) is 0 Å². The van der Waals surface area contributed by atoms with Crippen molar-refractivity contribution in [3.8, 4) is 0 Å². The van der Waals surface area contributed by atoms with Crippen LogP contribution in [-0.2, 0) is 11.8 Å². The molecule has 1 fully saturated rings. The maximum atomic E-state index is 11.8.